The fourth-order valence-electron chi connectivity index (χ4n) is 4.02. The summed E-state index contributed by atoms with van der Waals surface area (Å²) in [6, 6.07) is 16.8. The van der Waals surface area contributed by atoms with E-state index in [-0.39, 0.29) is 14.0 Å². The minimum atomic E-state index is 0. The van der Waals surface area contributed by atoms with Gasteiger partial charge in [0.25, 0.3) is 0 Å². The van der Waals surface area contributed by atoms with Crippen LogP contribution in [0.2, 0.25) is 5.02 Å². The van der Waals surface area contributed by atoms with Gasteiger partial charge in [-0.05, 0) is 42.5 Å². The molecule has 1 aliphatic rings. The summed E-state index contributed by atoms with van der Waals surface area (Å²) >= 11 is 6.53. The molecule has 1 aliphatic heterocycles. The number of pyridine rings is 1. The van der Waals surface area contributed by atoms with Crippen molar-refractivity contribution in [1.29, 1.82) is 0 Å². The number of hydrogen-bond donors (Lipinski definition) is 1. The van der Waals surface area contributed by atoms with E-state index >= 15 is 0 Å². The molecule has 5 heteroatoms. The molecule has 0 saturated carbocycles. The summed E-state index contributed by atoms with van der Waals surface area (Å²) in [6.45, 7) is 7.63. The van der Waals surface area contributed by atoms with Gasteiger partial charge in [-0.1, -0.05) is 62.3 Å². The van der Waals surface area contributed by atoms with Crippen LogP contribution in [0.15, 0.2) is 48.5 Å². The smallest absolute Gasteiger partial charge is 0.137 e. The molecule has 1 saturated heterocycles. The topological polar surface area (TPSA) is 39.6 Å². The number of aryl methyl sites for hydroxylation is 1. The van der Waals surface area contributed by atoms with Gasteiger partial charge in [-0.15, -0.1) is 0 Å². The molecule has 3 aromatic rings. The Morgan fingerprint density at radius 2 is 1.80 bits per heavy atom. The number of aliphatic hydroxyl groups excluding tert-OH is 1. The van der Waals surface area contributed by atoms with Crippen molar-refractivity contribution in [2.75, 3.05) is 44.2 Å². The molecule has 0 atom stereocenters. The van der Waals surface area contributed by atoms with Gasteiger partial charge in [-0.3, -0.25) is 0 Å². The van der Waals surface area contributed by atoms with Crippen LogP contribution in [0.25, 0.3) is 22.0 Å². The lowest BCUT2D eigenvalue weighted by Gasteiger charge is -2.35. The molecule has 0 radical (unpaired) electrons. The fourth-order valence-corrected chi connectivity index (χ4v) is 4.30. The van der Waals surface area contributed by atoms with Gasteiger partial charge >= 0.3 is 0 Å². The van der Waals surface area contributed by atoms with Crippen molar-refractivity contribution >= 4 is 28.2 Å². The maximum Gasteiger partial charge on any atom is 0.137 e. The summed E-state index contributed by atoms with van der Waals surface area (Å²) in [5.74, 6) is 1.06. The Kier molecular flexibility index (Phi) is 7.70. The largest absolute Gasteiger partial charge is 0.396 e. The zero-order valence-electron chi connectivity index (χ0n) is 16.9. The summed E-state index contributed by atoms with van der Waals surface area (Å²) in [7, 11) is 0. The average molecular weight is 426 g/mol. The lowest BCUT2D eigenvalue weighted by atomic mass is 10.0. The van der Waals surface area contributed by atoms with Crippen LogP contribution >= 0.6 is 11.6 Å². The summed E-state index contributed by atoms with van der Waals surface area (Å²) < 4.78 is 0. The highest BCUT2D eigenvalue weighted by molar-refractivity contribution is 6.31. The second-order valence-corrected chi connectivity index (χ2v) is 8.01. The van der Waals surface area contributed by atoms with Crippen LogP contribution < -0.4 is 4.90 Å². The molecule has 4 rings (SSSR count). The summed E-state index contributed by atoms with van der Waals surface area (Å²) in [5.41, 5.74) is 3.05. The number of fused-ring (bicyclic) bond motifs is 1. The van der Waals surface area contributed by atoms with Crippen LogP contribution in [-0.2, 0) is 6.42 Å². The molecule has 0 aliphatic carbocycles. The first-order valence-electron chi connectivity index (χ1n) is 10.5. The summed E-state index contributed by atoms with van der Waals surface area (Å²) in [4.78, 5) is 9.98. The lowest BCUT2D eigenvalue weighted by molar-refractivity contribution is 0.271. The molecule has 2 aromatic carbocycles. The maximum atomic E-state index is 9.08. The summed E-state index contributed by atoms with van der Waals surface area (Å²) in [5, 5.41) is 12.2. The van der Waals surface area contributed by atoms with Crippen LogP contribution in [0.1, 0.15) is 26.3 Å². The van der Waals surface area contributed by atoms with Gasteiger partial charge in [-0.25, -0.2) is 4.98 Å². The molecule has 2 heterocycles. The van der Waals surface area contributed by atoms with Crippen LogP contribution in [0.3, 0.4) is 0 Å². The van der Waals surface area contributed by atoms with Crippen molar-refractivity contribution in [3.63, 3.8) is 0 Å². The SMILES string of the molecule is C.CCN1CCN(c2nc(-c3ccc(CCCO)c(Cl)c3)cc3ccccc23)CC1. The highest BCUT2D eigenvalue weighted by atomic mass is 35.5. The first-order chi connectivity index (χ1) is 14.2. The normalized spacial score (nSPS) is 14.7. The van der Waals surface area contributed by atoms with E-state index in [0.29, 0.717) is 0 Å². The first-order valence-corrected chi connectivity index (χ1v) is 10.8. The van der Waals surface area contributed by atoms with Gasteiger partial charge in [0.15, 0.2) is 0 Å². The number of halogens is 1. The van der Waals surface area contributed by atoms with Crippen molar-refractivity contribution in [2.24, 2.45) is 0 Å². The van der Waals surface area contributed by atoms with Gasteiger partial charge in [0.1, 0.15) is 5.82 Å². The molecular formula is C25H32ClN3O. The van der Waals surface area contributed by atoms with E-state index in [1.807, 2.05) is 6.07 Å². The molecule has 160 valence electrons. The Morgan fingerprint density at radius 3 is 2.50 bits per heavy atom. The molecule has 1 aromatic heterocycles. The fraction of sp³-hybridized carbons (Fsp3) is 0.400. The number of aliphatic hydroxyl groups is 1. The quantitative estimate of drug-likeness (QED) is 0.584. The van der Waals surface area contributed by atoms with Crippen molar-refractivity contribution in [3.8, 4) is 11.3 Å². The molecular weight excluding hydrogens is 394 g/mol. The van der Waals surface area contributed by atoms with E-state index in [2.05, 4.69) is 59.2 Å². The van der Waals surface area contributed by atoms with Gasteiger partial charge in [0, 0.05) is 48.8 Å². The minimum Gasteiger partial charge on any atom is -0.396 e. The second kappa shape index (κ2) is 10.3. The van der Waals surface area contributed by atoms with E-state index in [1.165, 1.54) is 10.8 Å². The van der Waals surface area contributed by atoms with E-state index in [1.54, 1.807) is 0 Å². The monoisotopic (exact) mass is 425 g/mol. The van der Waals surface area contributed by atoms with E-state index in [0.717, 1.165) is 73.2 Å². The number of likely N-dealkylation sites (N-methyl/N-ethyl adjacent to an activating group) is 1. The number of nitrogens with zero attached hydrogens (tertiary/aromatic N) is 3. The Morgan fingerprint density at radius 1 is 1.03 bits per heavy atom. The van der Waals surface area contributed by atoms with Crippen LogP contribution in [0.4, 0.5) is 5.82 Å². The Labute approximate surface area is 185 Å². The van der Waals surface area contributed by atoms with Crippen molar-refractivity contribution < 1.29 is 5.11 Å². The van der Waals surface area contributed by atoms with Crippen LogP contribution in [0.5, 0.6) is 0 Å². The average Bonchev–Trinajstić information content (AvgIpc) is 2.77. The number of piperazine rings is 1. The van der Waals surface area contributed by atoms with Gasteiger partial charge in [-0.2, -0.15) is 0 Å². The van der Waals surface area contributed by atoms with Gasteiger partial charge < -0.3 is 14.9 Å². The van der Waals surface area contributed by atoms with Crippen LogP contribution in [0, 0.1) is 0 Å². The first kappa shape index (κ1) is 22.5. The van der Waals surface area contributed by atoms with Gasteiger partial charge in [0.05, 0.1) is 5.69 Å². The Hall–Kier alpha value is -2.14. The molecule has 0 spiro atoms. The zero-order chi connectivity index (χ0) is 20.2. The number of rotatable bonds is 6. The molecule has 0 amide bonds. The molecule has 0 bridgehead atoms. The number of aromatic nitrogens is 1. The Bertz CT molecular complexity index is 983. The van der Waals surface area contributed by atoms with Crippen molar-refractivity contribution in [2.45, 2.75) is 27.2 Å². The second-order valence-electron chi connectivity index (χ2n) is 7.61. The third kappa shape index (κ3) is 4.77. The maximum absolute atomic E-state index is 9.08. The predicted molar refractivity (Wildman–Crippen MR) is 129 cm³/mol. The summed E-state index contributed by atoms with van der Waals surface area (Å²) in [6.07, 6.45) is 1.51. The third-order valence-corrected chi connectivity index (χ3v) is 6.14. The van der Waals surface area contributed by atoms with E-state index in [4.69, 9.17) is 21.7 Å². The molecule has 1 N–H and O–H groups in total. The predicted octanol–water partition coefficient (Wildman–Crippen LogP) is 5.26. The number of benzene rings is 2. The van der Waals surface area contributed by atoms with Crippen molar-refractivity contribution in [3.05, 3.63) is 59.1 Å². The van der Waals surface area contributed by atoms with Crippen molar-refractivity contribution in [1.82, 2.24) is 9.88 Å². The standard InChI is InChI=1S/C24H28ClN3O.CH4/c1-2-27-11-13-28(14-12-27)24-21-8-4-3-6-19(21)17-23(26-24)20-10-9-18(7-5-15-29)22(25)16-20;/h3-4,6,8-10,16-17,29H,2,5,7,11-15H2,1H3;1H4. The van der Waals surface area contributed by atoms with Crippen LogP contribution in [-0.4, -0.2) is 54.3 Å². The number of anilines is 1. The highest BCUT2D eigenvalue weighted by Gasteiger charge is 2.20. The third-order valence-electron chi connectivity index (χ3n) is 5.79. The zero-order valence-corrected chi connectivity index (χ0v) is 17.7. The minimum absolute atomic E-state index is 0. The van der Waals surface area contributed by atoms with E-state index in [9.17, 15) is 0 Å². The van der Waals surface area contributed by atoms with Gasteiger partial charge in [0.2, 0.25) is 0 Å². The lowest BCUT2D eigenvalue weighted by Crippen LogP contribution is -2.46. The number of hydrogen-bond acceptors (Lipinski definition) is 4. The molecule has 0 unspecified atom stereocenters. The van der Waals surface area contributed by atoms with E-state index < -0.39 is 0 Å². The molecule has 30 heavy (non-hydrogen) atoms. The molecule has 4 nitrogen and oxygen atoms in total. The Balaban J connectivity index is 0.00000256. The highest BCUT2D eigenvalue weighted by Crippen LogP contribution is 2.32. The molecule has 1 fully saturated rings.